The first kappa shape index (κ1) is 16.0. The molecule has 0 spiro atoms. The Bertz CT molecular complexity index is 350. The number of carbonyl (C=O) groups excluding carboxylic acids is 1. The van der Waals surface area contributed by atoms with Gasteiger partial charge in [0, 0.05) is 13.0 Å². The van der Waals surface area contributed by atoms with Crippen molar-refractivity contribution in [1.29, 1.82) is 0 Å². The van der Waals surface area contributed by atoms with E-state index in [1.165, 1.54) is 0 Å². The number of halogens is 1. The summed E-state index contributed by atoms with van der Waals surface area (Å²) in [6, 6.07) is 1.79. The van der Waals surface area contributed by atoms with Gasteiger partial charge in [0.25, 0.3) is 5.91 Å². The van der Waals surface area contributed by atoms with Crippen molar-refractivity contribution >= 4 is 18.3 Å². The van der Waals surface area contributed by atoms with Gasteiger partial charge >= 0.3 is 0 Å². The van der Waals surface area contributed by atoms with Gasteiger partial charge in [-0.15, -0.1) is 12.4 Å². The monoisotopic (exact) mass is 260 g/mol. The number of amides is 1. The molecule has 0 atom stereocenters. The molecule has 0 fully saturated rings. The number of hydrogen-bond acceptors (Lipinski definition) is 3. The van der Waals surface area contributed by atoms with Gasteiger partial charge in [0.1, 0.15) is 5.76 Å². The lowest BCUT2D eigenvalue weighted by atomic mass is 10.2. The van der Waals surface area contributed by atoms with Crippen LogP contribution < -0.4 is 11.1 Å². The number of nitrogens with two attached hydrogens (primary N) is 1. The molecular formula is C12H21ClN2O2. The lowest BCUT2D eigenvalue weighted by Gasteiger charge is -2.01. The summed E-state index contributed by atoms with van der Waals surface area (Å²) in [5, 5.41) is 2.81. The number of unbranched alkanes of at least 4 members (excludes halogenated alkanes) is 1. The maximum Gasteiger partial charge on any atom is 0.287 e. The molecule has 3 N–H and O–H groups in total. The van der Waals surface area contributed by atoms with Crippen LogP contribution >= 0.6 is 12.4 Å². The standard InChI is InChI=1S/C12H20N2O2.ClH/c1-3-10-9(2)8-11(16-10)12(15)14-7-5-4-6-13;/h8H,3-7,13H2,1-2H3,(H,14,15);1H. The second kappa shape index (κ2) is 8.14. The first-order chi connectivity index (χ1) is 7.69. The molecule has 0 saturated heterocycles. The summed E-state index contributed by atoms with van der Waals surface area (Å²) in [5.41, 5.74) is 6.40. The van der Waals surface area contributed by atoms with Gasteiger partial charge in [-0.05, 0) is 37.9 Å². The molecule has 5 heteroatoms. The normalized spacial score (nSPS) is 9.82. The van der Waals surface area contributed by atoms with E-state index in [9.17, 15) is 4.79 Å². The summed E-state index contributed by atoms with van der Waals surface area (Å²) in [5.74, 6) is 1.15. The van der Waals surface area contributed by atoms with E-state index in [1.807, 2.05) is 13.8 Å². The summed E-state index contributed by atoms with van der Waals surface area (Å²) in [6.45, 7) is 5.27. The van der Waals surface area contributed by atoms with Gasteiger partial charge in [-0.25, -0.2) is 0 Å². The van der Waals surface area contributed by atoms with Crippen molar-refractivity contribution in [2.24, 2.45) is 5.73 Å². The number of rotatable bonds is 6. The highest BCUT2D eigenvalue weighted by atomic mass is 35.5. The zero-order valence-corrected chi connectivity index (χ0v) is 11.2. The molecule has 1 rings (SSSR count). The lowest BCUT2D eigenvalue weighted by Crippen LogP contribution is -2.24. The van der Waals surface area contributed by atoms with E-state index in [2.05, 4.69) is 5.32 Å². The van der Waals surface area contributed by atoms with Crippen molar-refractivity contribution in [3.63, 3.8) is 0 Å². The summed E-state index contributed by atoms with van der Waals surface area (Å²) >= 11 is 0. The molecule has 0 aromatic carbocycles. The molecule has 0 saturated carbocycles. The third-order valence-electron chi connectivity index (χ3n) is 2.48. The molecule has 1 aromatic heterocycles. The van der Waals surface area contributed by atoms with Crippen LogP contribution in [0.1, 0.15) is 41.6 Å². The number of hydrogen-bond donors (Lipinski definition) is 2. The molecule has 0 aliphatic heterocycles. The van der Waals surface area contributed by atoms with Gasteiger partial charge in [-0.2, -0.15) is 0 Å². The molecule has 1 aromatic rings. The van der Waals surface area contributed by atoms with Gasteiger partial charge < -0.3 is 15.5 Å². The van der Waals surface area contributed by atoms with Gasteiger partial charge in [0.2, 0.25) is 0 Å². The van der Waals surface area contributed by atoms with Crippen LogP contribution in [0.5, 0.6) is 0 Å². The molecule has 1 amide bonds. The van der Waals surface area contributed by atoms with E-state index in [0.29, 0.717) is 18.8 Å². The second-order valence-corrected chi connectivity index (χ2v) is 3.82. The molecule has 0 aliphatic rings. The van der Waals surface area contributed by atoms with Crippen molar-refractivity contribution in [2.75, 3.05) is 13.1 Å². The number of carbonyl (C=O) groups is 1. The average Bonchev–Trinajstić information content (AvgIpc) is 2.66. The van der Waals surface area contributed by atoms with Crippen molar-refractivity contribution in [1.82, 2.24) is 5.32 Å². The highest BCUT2D eigenvalue weighted by Gasteiger charge is 2.12. The van der Waals surface area contributed by atoms with Crippen LogP contribution in [0.25, 0.3) is 0 Å². The quantitative estimate of drug-likeness (QED) is 0.769. The van der Waals surface area contributed by atoms with Crippen molar-refractivity contribution in [3.8, 4) is 0 Å². The topological polar surface area (TPSA) is 68.3 Å². The molecule has 0 radical (unpaired) electrons. The Morgan fingerprint density at radius 3 is 2.71 bits per heavy atom. The Morgan fingerprint density at radius 2 is 2.18 bits per heavy atom. The van der Waals surface area contributed by atoms with E-state index < -0.39 is 0 Å². The summed E-state index contributed by atoms with van der Waals surface area (Å²) in [7, 11) is 0. The van der Waals surface area contributed by atoms with Gasteiger partial charge in [-0.3, -0.25) is 4.79 Å². The minimum Gasteiger partial charge on any atom is -0.456 e. The zero-order valence-electron chi connectivity index (χ0n) is 10.4. The van der Waals surface area contributed by atoms with Crippen LogP contribution in [0, 0.1) is 6.92 Å². The summed E-state index contributed by atoms with van der Waals surface area (Å²) < 4.78 is 5.45. The fraction of sp³-hybridized carbons (Fsp3) is 0.583. The van der Waals surface area contributed by atoms with Crippen LogP contribution in [0.4, 0.5) is 0 Å². The van der Waals surface area contributed by atoms with Crippen LogP contribution in [0.15, 0.2) is 10.5 Å². The van der Waals surface area contributed by atoms with Gasteiger partial charge in [0.15, 0.2) is 5.76 Å². The smallest absolute Gasteiger partial charge is 0.287 e. The highest BCUT2D eigenvalue weighted by molar-refractivity contribution is 5.91. The van der Waals surface area contributed by atoms with Gasteiger partial charge in [0.05, 0.1) is 0 Å². The molecule has 0 unspecified atom stereocenters. The van der Waals surface area contributed by atoms with Crippen LogP contribution in [0.2, 0.25) is 0 Å². The third-order valence-corrected chi connectivity index (χ3v) is 2.48. The molecule has 98 valence electrons. The van der Waals surface area contributed by atoms with E-state index in [0.717, 1.165) is 30.6 Å². The highest BCUT2D eigenvalue weighted by Crippen LogP contribution is 2.14. The zero-order chi connectivity index (χ0) is 12.0. The molecule has 1 heterocycles. The molecular weight excluding hydrogens is 240 g/mol. The van der Waals surface area contributed by atoms with Gasteiger partial charge in [-0.1, -0.05) is 6.92 Å². The maximum atomic E-state index is 11.7. The summed E-state index contributed by atoms with van der Waals surface area (Å²) in [4.78, 5) is 11.7. The Morgan fingerprint density at radius 1 is 1.47 bits per heavy atom. The largest absolute Gasteiger partial charge is 0.456 e. The SMILES string of the molecule is CCc1oc(C(=O)NCCCCN)cc1C.Cl. The fourth-order valence-corrected chi connectivity index (χ4v) is 1.54. The fourth-order valence-electron chi connectivity index (χ4n) is 1.54. The van der Waals surface area contributed by atoms with Crippen LogP contribution in [-0.4, -0.2) is 19.0 Å². The lowest BCUT2D eigenvalue weighted by molar-refractivity contribution is 0.0923. The Kier molecular flexibility index (Phi) is 7.66. The molecule has 17 heavy (non-hydrogen) atoms. The second-order valence-electron chi connectivity index (χ2n) is 3.82. The molecule has 0 bridgehead atoms. The summed E-state index contributed by atoms with van der Waals surface area (Å²) in [6.07, 6.45) is 2.65. The van der Waals surface area contributed by atoms with Crippen molar-refractivity contribution < 1.29 is 9.21 Å². The van der Waals surface area contributed by atoms with E-state index in [-0.39, 0.29) is 18.3 Å². The first-order valence-electron chi connectivity index (χ1n) is 5.76. The Labute approximate surface area is 108 Å². The third kappa shape index (κ3) is 4.79. The first-order valence-corrected chi connectivity index (χ1v) is 5.76. The van der Waals surface area contributed by atoms with Crippen molar-refractivity contribution in [3.05, 3.63) is 23.2 Å². The predicted molar refractivity (Wildman–Crippen MR) is 70.7 cm³/mol. The molecule has 0 aliphatic carbocycles. The predicted octanol–water partition coefficient (Wildman–Crippen LogP) is 2.04. The Hall–Kier alpha value is -1.00. The van der Waals surface area contributed by atoms with Crippen molar-refractivity contribution in [2.45, 2.75) is 33.1 Å². The van der Waals surface area contributed by atoms with E-state index in [1.54, 1.807) is 6.07 Å². The number of nitrogens with one attached hydrogen (secondary N) is 1. The number of furan rings is 1. The number of aryl methyl sites for hydroxylation is 2. The minimum atomic E-state index is -0.139. The maximum absolute atomic E-state index is 11.7. The Balaban J connectivity index is 0.00000256. The van der Waals surface area contributed by atoms with E-state index in [4.69, 9.17) is 10.2 Å². The molecule has 4 nitrogen and oxygen atoms in total. The van der Waals surface area contributed by atoms with E-state index >= 15 is 0 Å². The van der Waals surface area contributed by atoms with Crippen LogP contribution in [0.3, 0.4) is 0 Å². The average molecular weight is 261 g/mol. The van der Waals surface area contributed by atoms with Crippen LogP contribution in [-0.2, 0) is 6.42 Å². The minimum absolute atomic E-state index is 0.